The minimum absolute atomic E-state index is 0.337. The molecule has 0 saturated heterocycles. The summed E-state index contributed by atoms with van der Waals surface area (Å²) in [6.45, 7) is 2.48. The van der Waals surface area contributed by atoms with Gasteiger partial charge in [0.1, 0.15) is 17.1 Å². The standard InChI is InChI=1S/C17H16O4S/c1-12-9-17(18)21-16-10-13(4-5-15(12)16)20-7-8-22-11-14-3-2-6-19-14/h2-6,9-10H,7-8,11H2,1H3. The third-order valence-electron chi connectivity index (χ3n) is 3.24. The van der Waals surface area contributed by atoms with Gasteiger partial charge in [0.05, 0.1) is 18.6 Å². The Kier molecular flexibility index (Phi) is 4.53. The SMILES string of the molecule is Cc1cc(=O)oc2cc(OCCSCc3ccco3)ccc12. The summed E-state index contributed by atoms with van der Waals surface area (Å²) in [5.74, 6) is 3.37. The molecule has 1 aromatic carbocycles. The van der Waals surface area contributed by atoms with E-state index in [2.05, 4.69) is 0 Å². The van der Waals surface area contributed by atoms with E-state index in [4.69, 9.17) is 13.6 Å². The lowest BCUT2D eigenvalue weighted by Gasteiger charge is -2.07. The van der Waals surface area contributed by atoms with Gasteiger partial charge in [0.2, 0.25) is 0 Å². The van der Waals surface area contributed by atoms with Gasteiger partial charge in [-0.1, -0.05) is 0 Å². The molecule has 22 heavy (non-hydrogen) atoms. The van der Waals surface area contributed by atoms with Crippen molar-refractivity contribution in [2.24, 2.45) is 0 Å². The molecule has 0 N–H and O–H groups in total. The van der Waals surface area contributed by atoms with Crippen LogP contribution in [0.4, 0.5) is 0 Å². The number of fused-ring (bicyclic) bond motifs is 1. The number of furan rings is 1. The van der Waals surface area contributed by atoms with Gasteiger partial charge in [-0.25, -0.2) is 4.79 Å². The largest absolute Gasteiger partial charge is 0.493 e. The molecular weight excluding hydrogens is 300 g/mol. The summed E-state index contributed by atoms with van der Waals surface area (Å²) in [5, 5.41) is 0.930. The molecule has 0 spiro atoms. The maximum absolute atomic E-state index is 11.4. The third kappa shape index (κ3) is 3.54. The first-order valence-corrected chi connectivity index (χ1v) is 8.15. The van der Waals surface area contributed by atoms with E-state index in [0.29, 0.717) is 17.9 Å². The van der Waals surface area contributed by atoms with E-state index in [-0.39, 0.29) is 5.63 Å². The van der Waals surface area contributed by atoms with Crippen LogP contribution in [0.5, 0.6) is 5.75 Å². The van der Waals surface area contributed by atoms with Gasteiger partial charge >= 0.3 is 5.63 Å². The summed E-state index contributed by atoms with van der Waals surface area (Å²) < 4.78 is 16.2. The van der Waals surface area contributed by atoms with Crippen molar-refractivity contribution in [3.05, 3.63) is 64.4 Å². The molecule has 0 radical (unpaired) electrons. The predicted molar refractivity (Wildman–Crippen MR) is 87.6 cm³/mol. The average molecular weight is 316 g/mol. The van der Waals surface area contributed by atoms with Crippen LogP contribution in [0.3, 0.4) is 0 Å². The Morgan fingerprint density at radius 1 is 1.23 bits per heavy atom. The van der Waals surface area contributed by atoms with Crippen molar-refractivity contribution in [3.63, 3.8) is 0 Å². The summed E-state index contributed by atoms with van der Waals surface area (Å²) in [6.07, 6.45) is 1.68. The van der Waals surface area contributed by atoms with Crippen LogP contribution in [0.15, 0.2) is 56.3 Å². The molecule has 0 aliphatic rings. The van der Waals surface area contributed by atoms with E-state index >= 15 is 0 Å². The van der Waals surface area contributed by atoms with E-state index in [0.717, 1.165) is 28.2 Å². The van der Waals surface area contributed by atoms with Gasteiger partial charge in [-0.15, -0.1) is 0 Å². The van der Waals surface area contributed by atoms with Crippen molar-refractivity contribution in [1.82, 2.24) is 0 Å². The molecule has 0 aliphatic carbocycles. The monoisotopic (exact) mass is 316 g/mol. The summed E-state index contributed by atoms with van der Waals surface area (Å²) in [6, 6.07) is 10.9. The zero-order valence-corrected chi connectivity index (χ0v) is 13.0. The molecule has 0 amide bonds. The highest BCUT2D eigenvalue weighted by Gasteiger charge is 2.04. The second kappa shape index (κ2) is 6.75. The molecule has 2 heterocycles. The third-order valence-corrected chi connectivity index (χ3v) is 4.19. The number of rotatable bonds is 6. The van der Waals surface area contributed by atoms with Crippen molar-refractivity contribution in [2.45, 2.75) is 12.7 Å². The molecule has 5 heteroatoms. The fourth-order valence-electron chi connectivity index (χ4n) is 2.18. The second-order valence-electron chi connectivity index (χ2n) is 4.89. The van der Waals surface area contributed by atoms with E-state index in [9.17, 15) is 4.79 Å². The van der Waals surface area contributed by atoms with Crippen LogP contribution in [0.1, 0.15) is 11.3 Å². The van der Waals surface area contributed by atoms with Gasteiger partial charge in [-0.05, 0) is 36.8 Å². The highest BCUT2D eigenvalue weighted by Crippen LogP contribution is 2.22. The topological polar surface area (TPSA) is 52.6 Å². The first kappa shape index (κ1) is 14.8. The van der Waals surface area contributed by atoms with Crippen LogP contribution in [0, 0.1) is 6.92 Å². The Labute approximate surface area is 132 Å². The number of hydrogen-bond acceptors (Lipinski definition) is 5. The molecule has 0 atom stereocenters. The average Bonchev–Trinajstić information content (AvgIpc) is 2.99. The van der Waals surface area contributed by atoms with Gasteiger partial charge in [-0.2, -0.15) is 11.8 Å². The molecular formula is C17H16O4S. The molecule has 2 aromatic heterocycles. The number of benzene rings is 1. The number of aryl methyl sites for hydroxylation is 1. The summed E-state index contributed by atoms with van der Waals surface area (Å²) in [5.41, 5.74) is 1.13. The zero-order valence-electron chi connectivity index (χ0n) is 12.2. The fraction of sp³-hybridized carbons (Fsp3) is 0.235. The lowest BCUT2D eigenvalue weighted by molar-refractivity contribution is 0.343. The normalized spacial score (nSPS) is 11.0. The zero-order chi connectivity index (χ0) is 15.4. The second-order valence-corrected chi connectivity index (χ2v) is 5.99. The lowest BCUT2D eigenvalue weighted by atomic mass is 10.1. The van der Waals surface area contributed by atoms with Crippen LogP contribution < -0.4 is 10.4 Å². The van der Waals surface area contributed by atoms with Gasteiger partial charge in [-0.3, -0.25) is 0 Å². The maximum Gasteiger partial charge on any atom is 0.336 e. The minimum atomic E-state index is -0.337. The molecule has 0 aliphatic heterocycles. The molecule has 0 saturated carbocycles. The lowest BCUT2D eigenvalue weighted by Crippen LogP contribution is -2.01. The van der Waals surface area contributed by atoms with Crippen molar-refractivity contribution >= 4 is 22.7 Å². The van der Waals surface area contributed by atoms with E-state index in [1.165, 1.54) is 6.07 Å². The molecule has 3 rings (SSSR count). The van der Waals surface area contributed by atoms with Crippen LogP contribution in [-0.2, 0) is 5.75 Å². The number of thioether (sulfide) groups is 1. The van der Waals surface area contributed by atoms with Gasteiger partial charge in [0.25, 0.3) is 0 Å². The van der Waals surface area contributed by atoms with Crippen molar-refractivity contribution in [3.8, 4) is 5.75 Å². The first-order valence-electron chi connectivity index (χ1n) is 7.00. The Balaban J connectivity index is 1.56. The molecule has 0 bridgehead atoms. The Hall–Kier alpha value is -2.14. The molecule has 0 unspecified atom stereocenters. The van der Waals surface area contributed by atoms with Crippen LogP contribution in [-0.4, -0.2) is 12.4 Å². The Bertz CT molecular complexity index is 805. The quantitative estimate of drug-likeness (QED) is 0.508. The van der Waals surface area contributed by atoms with Gasteiger partial charge in [0.15, 0.2) is 0 Å². The van der Waals surface area contributed by atoms with E-state index in [1.54, 1.807) is 24.1 Å². The van der Waals surface area contributed by atoms with Crippen molar-refractivity contribution < 1.29 is 13.6 Å². The van der Waals surface area contributed by atoms with Gasteiger partial charge in [0, 0.05) is 23.3 Å². The Morgan fingerprint density at radius 2 is 2.14 bits per heavy atom. The van der Waals surface area contributed by atoms with E-state index < -0.39 is 0 Å². The molecule has 114 valence electrons. The van der Waals surface area contributed by atoms with Crippen molar-refractivity contribution in [2.75, 3.05) is 12.4 Å². The minimum Gasteiger partial charge on any atom is -0.493 e. The van der Waals surface area contributed by atoms with Gasteiger partial charge < -0.3 is 13.6 Å². The Morgan fingerprint density at radius 3 is 2.95 bits per heavy atom. The smallest absolute Gasteiger partial charge is 0.336 e. The molecule has 0 fully saturated rings. The highest BCUT2D eigenvalue weighted by atomic mass is 32.2. The van der Waals surface area contributed by atoms with Crippen LogP contribution in [0.2, 0.25) is 0 Å². The van der Waals surface area contributed by atoms with Crippen LogP contribution in [0.25, 0.3) is 11.0 Å². The van der Waals surface area contributed by atoms with Crippen LogP contribution >= 0.6 is 11.8 Å². The summed E-state index contributed by atoms with van der Waals surface area (Å²) >= 11 is 1.75. The predicted octanol–water partition coefficient (Wildman–Crippen LogP) is 4.01. The summed E-state index contributed by atoms with van der Waals surface area (Å²) in [4.78, 5) is 11.4. The molecule has 3 aromatic rings. The van der Waals surface area contributed by atoms with E-state index in [1.807, 2.05) is 31.2 Å². The molecule has 4 nitrogen and oxygen atoms in total. The van der Waals surface area contributed by atoms with Crippen molar-refractivity contribution in [1.29, 1.82) is 0 Å². The first-order chi connectivity index (χ1) is 10.7. The number of ether oxygens (including phenoxy) is 1. The fourth-order valence-corrected chi connectivity index (χ4v) is 2.89. The highest BCUT2D eigenvalue weighted by molar-refractivity contribution is 7.98. The number of hydrogen-bond donors (Lipinski definition) is 0. The maximum atomic E-state index is 11.4. The summed E-state index contributed by atoms with van der Waals surface area (Å²) in [7, 11) is 0.